The van der Waals surface area contributed by atoms with E-state index in [2.05, 4.69) is 20.3 Å². The number of hydrogen-bond acceptors (Lipinski definition) is 3. The Balaban J connectivity index is 1.78. The molecule has 0 amide bonds. The maximum absolute atomic E-state index is 14.8. The van der Waals surface area contributed by atoms with Crippen molar-refractivity contribution in [1.82, 2.24) is 15.0 Å². The molecule has 2 aromatic heterocycles. The summed E-state index contributed by atoms with van der Waals surface area (Å²) in [7, 11) is 0. The highest BCUT2D eigenvalue weighted by atomic mass is 35.5. The van der Waals surface area contributed by atoms with E-state index in [-0.39, 0.29) is 28.6 Å². The number of nitrogens with one attached hydrogen (secondary N) is 2. The molecule has 5 aromatic rings. The van der Waals surface area contributed by atoms with Crippen LogP contribution in [0.4, 0.5) is 27.9 Å². The Hall–Kier alpha value is -3.69. The molecule has 38 heavy (non-hydrogen) atoms. The van der Waals surface area contributed by atoms with Gasteiger partial charge in [-0.1, -0.05) is 53.5 Å². The Kier molecular flexibility index (Phi) is 6.75. The fourth-order valence-electron chi connectivity index (χ4n) is 4.32. The number of anilines is 1. The zero-order chi connectivity index (χ0) is 27.1. The topological polar surface area (TPSA) is 53.6 Å². The Labute approximate surface area is 223 Å². The van der Waals surface area contributed by atoms with E-state index in [1.54, 1.807) is 30.3 Å². The second-order valence-electron chi connectivity index (χ2n) is 8.65. The predicted octanol–water partition coefficient (Wildman–Crippen LogP) is 8.16. The molecule has 4 nitrogen and oxygen atoms in total. The molecule has 0 fully saturated rings. The molecule has 3 aromatic carbocycles. The summed E-state index contributed by atoms with van der Waals surface area (Å²) in [5.74, 6) is -1.68. The number of imidazole rings is 1. The third-order valence-corrected chi connectivity index (χ3v) is 6.56. The van der Waals surface area contributed by atoms with Crippen LogP contribution in [0.1, 0.15) is 22.4 Å². The van der Waals surface area contributed by atoms with E-state index in [4.69, 9.17) is 23.2 Å². The van der Waals surface area contributed by atoms with Gasteiger partial charge in [0.2, 0.25) is 5.95 Å². The number of rotatable bonds is 6. The zero-order valence-corrected chi connectivity index (χ0v) is 20.8. The molecule has 5 rings (SSSR count). The van der Waals surface area contributed by atoms with Gasteiger partial charge in [0.1, 0.15) is 17.2 Å². The number of halogens is 7. The van der Waals surface area contributed by atoms with E-state index >= 15 is 0 Å². The minimum atomic E-state index is -4.81. The quantitative estimate of drug-likeness (QED) is 0.205. The molecule has 1 atom stereocenters. The molecule has 0 saturated carbocycles. The van der Waals surface area contributed by atoms with Crippen LogP contribution in [0.25, 0.3) is 11.0 Å². The lowest BCUT2D eigenvalue weighted by Crippen LogP contribution is -2.40. The molecule has 2 heterocycles. The van der Waals surface area contributed by atoms with Gasteiger partial charge in [-0.2, -0.15) is 13.2 Å². The van der Waals surface area contributed by atoms with E-state index in [1.807, 2.05) is 0 Å². The van der Waals surface area contributed by atoms with Crippen LogP contribution in [-0.2, 0) is 18.1 Å². The lowest BCUT2D eigenvalue weighted by molar-refractivity contribution is -0.137. The van der Waals surface area contributed by atoms with Gasteiger partial charge in [-0.15, -0.1) is 0 Å². The average Bonchev–Trinajstić information content (AvgIpc) is 3.24. The van der Waals surface area contributed by atoms with Crippen LogP contribution in [0, 0.1) is 11.6 Å². The van der Waals surface area contributed by atoms with Crippen molar-refractivity contribution in [2.45, 2.75) is 18.1 Å². The van der Waals surface area contributed by atoms with Crippen LogP contribution in [0.2, 0.25) is 10.0 Å². The van der Waals surface area contributed by atoms with Gasteiger partial charge in [-0.3, -0.25) is 4.98 Å². The number of alkyl halides is 3. The predicted molar refractivity (Wildman–Crippen MR) is 136 cm³/mol. The maximum Gasteiger partial charge on any atom is 0.416 e. The number of H-pyrrole nitrogens is 1. The number of nitrogens with zero attached hydrogens (tertiary/aromatic N) is 2. The number of pyridine rings is 1. The molecule has 0 spiro atoms. The second-order valence-corrected chi connectivity index (χ2v) is 9.49. The minimum absolute atomic E-state index is 0.0371. The van der Waals surface area contributed by atoms with E-state index in [0.717, 1.165) is 18.2 Å². The molecule has 11 heteroatoms. The van der Waals surface area contributed by atoms with Gasteiger partial charge in [0, 0.05) is 18.7 Å². The number of benzene rings is 3. The molecule has 0 aliphatic carbocycles. The first-order chi connectivity index (χ1) is 18.0. The molecule has 0 radical (unpaired) electrons. The van der Waals surface area contributed by atoms with Gasteiger partial charge < -0.3 is 10.3 Å². The number of fused-ring (bicyclic) bond motifs is 1. The summed E-state index contributed by atoms with van der Waals surface area (Å²) in [5, 5.41) is 3.31. The molecule has 0 bridgehead atoms. The number of aromatic nitrogens is 3. The van der Waals surface area contributed by atoms with Crippen molar-refractivity contribution in [3.63, 3.8) is 0 Å². The van der Waals surface area contributed by atoms with Crippen molar-refractivity contribution in [3.8, 4) is 0 Å². The summed E-state index contributed by atoms with van der Waals surface area (Å²) in [5.41, 5.74) is -1.25. The SMILES string of the molecule is Fc1cc(C(F)(F)F)cc(C(Cc2ccccc2)(Nc2nc3cc(Cl)c(F)cc3[nH]2)c2ccc(Cl)cn2)c1. The first-order valence-electron chi connectivity index (χ1n) is 11.2. The molecule has 194 valence electrons. The largest absolute Gasteiger partial charge is 0.416 e. The lowest BCUT2D eigenvalue weighted by Gasteiger charge is -2.35. The van der Waals surface area contributed by atoms with Gasteiger partial charge in [-0.05, 0) is 47.5 Å². The smallest absolute Gasteiger partial charge is 0.340 e. The fourth-order valence-corrected chi connectivity index (χ4v) is 4.59. The molecule has 0 aliphatic heterocycles. The average molecular weight is 563 g/mol. The van der Waals surface area contributed by atoms with Crippen molar-refractivity contribution in [2.24, 2.45) is 0 Å². The Bertz CT molecular complexity index is 1570. The molecule has 1 unspecified atom stereocenters. The first kappa shape index (κ1) is 25.9. The van der Waals surface area contributed by atoms with Crippen molar-refractivity contribution >= 4 is 40.2 Å². The van der Waals surface area contributed by atoms with Crippen LogP contribution < -0.4 is 5.32 Å². The highest BCUT2D eigenvalue weighted by Crippen LogP contribution is 2.40. The van der Waals surface area contributed by atoms with Gasteiger partial charge in [0.05, 0.1) is 32.3 Å². The van der Waals surface area contributed by atoms with Crippen LogP contribution in [0.5, 0.6) is 0 Å². The van der Waals surface area contributed by atoms with E-state index < -0.39 is 28.9 Å². The van der Waals surface area contributed by atoms with Crippen LogP contribution in [0.15, 0.2) is 79.0 Å². The summed E-state index contributed by atoms with van der Waals surface area (Å²) in [6, 6.07) is 16.7. The summed E-state index contributed by atoms with van der Waals surface area (Å²) in [6.07, 6.45) is -3.43. The Morgan fingerprint density at radius 2 is 1.61 bits per heavy atom. The third-order valence-electron chi connectivity index (χ3n) is 6.05. The highest BCUT2D eigenvalue weighted by Gasteiger charge is 2.40. The highest BCUT2D eigenvalue weighted by molar-refractivity contribution is 6.31. The first-order valence-corrected chi connectivity index (χ1v) is 12.0. The van der Waals surface area contributed by atoms with Crippen molar-refractivity contribution in [3.05, 3.63) is 123 Å². The van der Waals surface area contributed by atoms with E-state index in [1.165, 1.54) is 24.4 Å². The van der Waals surface area contributed by atoms with Crippen LogP contribution in [0.3, 0.4) is 0 Å². The van der Waals surface area contributed by atoms with Gasteiger partial charge >= 0.3 is 6.18 Å². The minimum Gasteiger partial charge on any atom is -0.340 e. The van der Waals surface area contributed by atoms with Crippen LogP contribution >= 0.6 is 23.2 Å². The summed E-state index contributed by atoms with van der Waals surface area (Å²) in [6.45, 7) is 0. The Morgan fingerprint density at radius 3 is 2.29 bits per heavy atom. The number of aromatic amines is 1. The molecular weight excluding hydrogens is 546 g/mol. The molecule has 2 N–H and O–H groups in total. The lowest BCUT2D eigenvalue weighted by atomic mass is 9.80. The van der Waals surface area contributed by atoms with Crippen molar-refractivity contribution in [2.75, 3.05) is 5.32 Å². The molecule has 0 aliphatic rings. The van der Waals surface area contributed by atoms with Gasteiger partial charge in [-0.25, -0.2) is 13.8 Å². The zero-order valence-electron chi connectivity index (χ0n) is 19.3. The van der Waals surface area contributed by atoms with Crippen molar-refractivity contribution < 1.29 is 22.0 Å². The summed E-state index contributed by atoms with van der Waals surface area (Å²) in [4.78, 5) is 11.7. The Morgan fingerprint density at radius 1 is 0.868 bits per heavy atom. The molecule has 0 saturated heterocycles. The summed E-state index contributed by atoms with van der Waals surface area (Å²) >= 11 is 12.0. The standard InChI is InChI=1S/C27H17Cl2F5N4/c28-18-6-7-24(35-14-18)26(13-15-4-2-1-3-5-15,16-8-17(27(32,33)34)10-19(30)9-16)38-25-36-22-11-20(29)21(31)12-23(22)37-25/h1-12,14H,13H2,(H2,36,37,38). The van der Waals surface area contributed by atoms with E-state index in [0.29, 0.717) is 27.7 Å². The number of hydrogen-bond donors (Lipinski definition) is 2. The van der Waals surface area contributed by atoms with Crippen molar-refractivity contribution in [1.29, 1.82) is 0 Å². The monoisotopic (exact) mass is 562 g/mol. The fraction of sp³-hybridized carbons (Fsp3) is 0.111. The summed E-state index contributed by atoms with van der Waals surface area (Å²) < 4.78 is 70.2. The maximum atomic E-state index is 14.8. The van der Waals surface area contributed by atoms with Gasteiger partial charge in [0.15, 0.2) is 0 Å². The normalized spacial score (nSPS) is 13.4. The van der Waals surface area contributed by atoms with Gasteiger partial charge in [0.25, 0.3) is 0 Å². The van der Waals surface area contributed by atoms with E-state index in [9.17, 15) is 22.0 Å². The second kappa shape index (κ2) is 9.89. The molecular formula is C27H17Cl2F5N4. The third kappa shape index (κ3) is 5.16. The van der Waals surface area contributed by atoms with Crippen LogP contribution in [-0.4, -0.2) is 15.0 Å².